The maximum Gasteiger partial charge on any atom is 0.288 e. The van der Waals surface area contributed by atoms with Gasteiger partial charge in [0.2, 0.25) is 0 Å². The number of ketones is 1. The molecule has 1 aromatic heterocycles. The molecule has 0 amide bonds. The molecule has 0 bridgehead atoms. The van der Waals surface area contributed by atoms with E-state index in [0.29, 0.717) is 11.3 Å². The molecule has 1 heterocycles. The van der Waals surface area contributed by atoms with Crippen LogP contribution in [-0.4, -0.2) is 22.6 Å². The molecular weight excluding hydrogens is 266 g/mol. The van der Waals surface area contributed by atoms with Gasteiger partial charge >= 0.3 is 0 Å². The van der Waals surface area contributed by atoms with Crippen LogP contribution in [0.3, 0.4) is 0 Å². The van der Waals surface area contributed by atoms with Crippen molar-refractivity contribution >= 4 is 23.1 Å². The van der Waals surface area contributed by atoms with Crippen LogP contribution < -0.4 is 10.9 Å². The maximum atomic E-state index is 12.0. The number of carbonyl (C=O) groups excluding carboxylic acids is 1. The van der Waals surface area contributed by atoms with Crippen molar-refractivity contribution in [1.29, 1.82) is 0 Å². The summed E-state index contributed by atoms with van der Waals surface area (Å²) in [5, 5.41) is 6.69. The van der Waals surface area contributed by atoms with Gasteiger partial charge in [-0.2, -0.15) is 5.10 Å². The van der Waals surface area contributed by atoms with E-state index in [2.05, 4.69) is 10.4 Å². The minimum Gasteiger partial charge on any atom is -0.385 e. The Morgan fingerprint density at radius 3 is 2.68 bits per heavy atom. The zero-order valence-electron chi connectivity index (χ0n) is 10.3. The predicted molar refractivity (Wildman–Crippen MR) is 73.8 cm³/mol. The lowest BCUT2D eigenvalue weighted by Crippen LogP contribution is -2.27. The Bertz CT molecular complexity index is 653. The van der Waals surface area contributed by atoms with Crippen molar-refractivity contribution in [1.82, 2.24) is 9.78 Å². The van der Waals surface area contributed by atoms with Crippen molar-refractivity contribution in [2.24, 2.45) is 0 Å². The number of nitrogens with zero attached hydrogens (tertiary/aromatic N) is 2. The van der Waals surface area contributed by atoms with E-state index in [1.165, 1.54) is 6.20 Å². The van der Waals surface area contributed by atoms with E-state index < -0.39 is 5.56 Å². The van der Waals surface area contributed by atoms with Crippen molar-refractivity contribution in [2.75, 3.05) is 12.4 Å². The topological polar surface area (TPSA) is 64.0 Å². The first-order chi connectivity index (χ1) is 9.13. The van der Waals surface area contributed by atoms with Crippen LogP contribution in [0.5, 0.6) is 0 Å². The Kier molecular flexibility index (Phi) is 3.97. The van der Waals surface area contributed by atoms with Gasteiger partial charge in [-0.05, 0) is 0 Å². The molecule has 2 aromatic rings. The van der Waals surface area contributed by atoms with E-state index in [1.54, 1.807) is 31.3 Å². The highest BCUT2D eigenvalue weighted by Gasteiger charge is 2.12. The van der Waals surface area contributed by atoms with Gasteiger partial charge in [0, 0.05) is 12.6 Å². The first-order valence-corrected chi connectivity index (χ1v) is 6.03. The van der Waals surface area contributed by atoms with Gasteiger partial charge in [0.15, 0.2) is 5.78 Å². The molecule has 0 aliphatic carbocycles. The number of benzene rings is 1. The second-order valence-electron chi connectivity index (χ2n) is 3.87. The second-order valence-corrected chi connectivity index (χ2v) is 4.25. The lowest BCUT2D eigenvalue weighted by Gasteiger charge is -2.07. The summed E-state index contributed by atoms with van der Waals surface area (Å²) in [6.45, 7) is -0.132. The third-order valence-corrected chi connectivity index (χ3v) is 3.01. The van der Waals surface area contributed by atoms with Gasteiger partial charge in [0.05, 0.1) is 11.9 Å². The Morgan fingerprint density at radius 2 is 2.05 bits per heavy atom. The molecule has 0 saturated heterocycles. The number of halogens is 1. The highest BCUT2D eigenvalue weighted by molar-refractivity contribution is 6.32. The summed E-state index contributed by atoms with van der Waals surface area (Å²) in [7, 11) is 1.64. The summed E-state index contributed by atoms with van der Waals surface area (Å²) in [5.74, 6) is -0.191. The summed E-state index contributed by atoms with van der Waals surface area (Å²) < 4.78 is 1.05. The second kappa shape index (κ2) is 5.67. The van der Waals surface area contributed by atoms with Crippen LogP contribution in [0, 0.1) is 0 Å². The van der Waals surface area contributed by atoms with E-state index in [9.17, 15) is 9.59 Å². The zero-order valence-corrected chi connectivity index (χ0v) is 11.0. The molecule has 5 nitrogen and oxygen atoms in total. The van der Waals surface area contributed by atoms with Crippen LogP contribution in [0.1, 0.15) is 10.4 Å². The summed E-state index contributed by atoms with van der Waals surface area (Å²) >= 11 is 5.88. The molecule has 2 rings (SSSR count). The quantitative estimate of drug-likeness (QED) is 0.866. The Morgan fingerprint density at radius 1 is 1.37 bits per heavy atom. The van der Waals surface area contributed by atoms with E-state index in [-0.39, 0.29) is 17.4 Å². The normalized spacial score (nSPS) is 10.2. The zero-order chi connectivity index (χ0) is 13.8. The molecule has 0 radical (unpaired) electrons. The Hall–Kier alpha value is -2.14. The lowest BCUT2D eigenvalue weighted by atomic mass is 10.1. The molecule has 0 spiro atoms. The van der Waals surface area contributed by atoms with Gasteiger partial charge in [0.25, 0.3) is 5.56 Å². The van der Waals surface area contributed by atoms with Crippen LogP contribution in [0.25, 0.3) is 0 Å². The van der Waals surface area contributed by atoms with Crippen molar-refractivity contribution < 1.29 is 4.79 Å². The number of carbonyl (C=O) groups is 1. The summed E-state index contributed by atoms with van der Waals surface area (Å²) in [6, 6.07) is 8.73. The molecule has 6 heteroatoms. The van der Waals surface area contributed by atoms with Crippen LogP contribution in [0.15, 0.2) is 41.3 Å². The molecule has 0 fully saturated rings. The number of rotatable bonds is 4. The fraction of sp³-hybridized carbons (Fsp3) is 0.154. The molecule has 0 saturated carbocycles. The first-order valence-electron chi connectivity index (χ1n) is 5.65. The number of hydrogen-bond donors (Lipinski definition) is 1. The molecular formula is C13H12ClN3O2. The molecule has 1 N–H and O–H groups in total. The van der Waals surface area contributed by atoms with Gasteiger partial charge in [0.1, 0.15) is 11.6 Å². The molecule has 0 aliphatic heterocycles. The van der Waals surface area contributed by atoms with Crippen LogP contribution in [0.4, 0.5) is 5.69 Å². The third-order valence-electron chi connectivity index (χ3n) is 2.64. The van der Waals surface area contributed by atoms with E-state index in [4.69, 9.17) is 11.6 Å². The first kappa shape index (κ1) is 13.3. The lowest BCUT2D eigenvalue weighted by molar-refractivity contribution is 0.0965. The van der Waals surface area contributed by atoms with E-state index >= 15 is 0 Å². The van der Waals surface area contributed by atoms with Gasteiger partial charge < -0.3 is 5.32 Å². The Labute approximate surface area is 114 Å². The molecule has 98 valence electrons. The average molecular weight is 278 g/mol. The van der Waals surface area contributed by atoms with E-state index in [0.717, 1.165) is 4.68 Å². The van der Waals surface area contributed by atoms with Crippen LogP contribution in [0.2, 0.25) is 5.02 Å². The number of aromatic nitrogens is 2. The van der Waals surface area contributed by atoms with Crippen molar-refractivity contribution in [3.8, 4) is 0 Å². The fourth-order valence-corrected chi connectivity index (χ4v) is 1.84. The summed E-state index contributed by atoms with van der Waals surface area (Å²) in [4.78, 5) is 23.9. The maximum absolute atomic E-state index is 12.0. The predicted octanol–water partition coefficient (Wildman–Crippen LogP) is 1.82. The van der Waals surface area contributed by atoms with Gasteiger partial charge in [-0.15, -0.1) is 0 Å². The summed E-state index contributed by atoms with van der Waals surface area (Å²) in [6.07, 6.45) is 1.42. The van der Waals surface area contributed by atoms with Crippen molar-refractivity contribution in [2.45, 2.75) is 6.54 Å². The molecule has 19 heavy (non-hydrogen) atoms. The molecule has 0 unspecified atom stereocenters. The number of nitrogens with one attached hydrogen (secondary N) is 1. The molecule has 0 aliphatic rings. The van der Waals surface area contributed by atoms with Gasteiger partial charge in [-0.25, -0.2) is 4.68 Å². The number of anilines is 1. The third kappa shape index (κ3) is 2.82. The Balaban J connectivity index is 2.28. The standard InChI is InChI=1S/C13H12ClN3O2/c1-15-10-7-16-17(13(19)12(10)14)8-11(18)9-5-3-2-4-6-9/h2-7,15H,8H2,1H3. The number of Topliss-reactive ketones (excluding diaryl/α,β-unsaturated/α-hetero) is 1. The van der Waals surface area contributed by atoms with Gasteiger partial charge in [-0.1, -0.05) is 41.9 Å². The molecule has 1 aromatic carbocycles. The smallest absolute Gasteiger partial charge is 0.288 e. The monoisotopic (exact) mass is 277 g/mol. The van der Waals surface area contributed by atoms with Crippen molar-refractivity contribution in [3.63, 3.8) is 0 Å². The highest BCUT2D eigenvalue weighted by Crippen LogP contribution is 2.13. The largest absolute Gasteiger partial charge is 0.385 e. The van der Waals surface area contributed by atoms with Crippen LogP contribution >= 0.6 is 11.6 Å². The fourth-order valence-electron chi connectivity index (χ4n) is 1.60. The van der Waals surface area contributed by atoms with Crippen LogP contribution in [-0.2, 0) is 6.54 Å². The average Bonchev–Trinajstić information content (AvgIpc) is 2.45. The molecule has 0 atom stereocenters. The SMILES string of the molecule is CNc1cnn(CC(=O)c2ccccc2)c(=O)c1Cl. The minimum absolute atomic E-state index is 0.0263. The minimum atomic E-state index is -0.488. The van der Waals surface area contributed by atoms with E-state index in [1.807, 2.05) is 6.07 Å². The number of hydrogen-bond acceptors (Lipinski definition) is 4. The summed E-state index contributed by atoms with van der Waals surface area (Å²) in [5.41, 5.74) is 0.484. The van der Waals surface area contributed by atoms with Crippen molar-refractivity contribution in [3.05, 3.63) is 57.5 Å². The van der Waals surface area contributed by atoms with Gasteiger partial charge in [-0.3, -0.25) is 9.59 Å². The highest BCUT2D eigenvalue weighted by atomic mass is 35.5.